The van der Waals surface area contributed by atoms with Gasteiger partial charge in [0.25, 0.3) is 0 Å². The minimum atomic E-state index is 0.460. The average molecular weight is 336 g/mol. The van der Waals surface area contributed by atoms with E-state index in [0.29, 0.717) is 18.3 Å². The van der Waals surface area contributed by atoms with Crippen LogP contribution in [-0.2, 0) is 6.61 Å². The molecule has 1 aromatic carbocycles. The summed E-state index contributed by atoms with van der Waals surface area (Å²) in [6, 6.07) is 8.15. The standard InChI is InChI=1S/C15H18BrN3O/c16-14-6-5-11(17)9-15(14)20-10-12-7-8-19(18-12)13-3-1-2-4-13/h5-9,13H,1-4,10,17H2. The number of nitrogens with two attached hydrogens (primary N) is 1. The molecular weight excluding hydrogens is 318 g/mol. The molecular formula is C15H18BrN3O. The smallest absolute Gasteiger partial charge is 0.136 e. The number of anilines is 1. The topological polar surface area (TPSA) is 53.1 Å². The van der Waals surface area contributed by atoms with Crippen molar-refractivity contribution in [3.05, 3.63) is 40.6 Å². The van der Waals surface area contributed by atoms with E-state index in [0.717, 1.165) is 15.9 Å². The van der Waals surface area contributed by atoms with Crippen molar-refractivity contribution < 1.29 is 4.74 Å². The quantitative estimate of drug-likeness (QED) is 0.861. The molecule has 0 bridgehead atoms. The molecule has 20 heavy (non-hydrogen) atoms. The average Bonchev–Trinajstić information content (AvgIpc) is 3.09. The summed E-state index contributed by atoms with van der Waals surface area (Å²) in [4.78, 5) is 0. The zero-order valence-electron chi connectivity index (χ0n) is 11.3. The van der Waals surface area contributed by atoms with Gasteiger partial charge < -0.3 is 10.5 Å². The van der Waals surface area contributed by atoms with Crippen LogP contribution in [0.15, 0.2) is 34.9 Å². The van der Waals surface area contributed by atoms with Gasteiger partial charge in [0.2, 0.25) is 0 Å². The third-order valence-electron chi connectivity index (χ3n) is 3.69. The van der Waals surface area contributed by atoms with Crippen molar-refractivity contribution in [3.8, 4) is 5.75 Å². The maximum Gasteiger partial charge on any atom is 0.136 e. The lowest BCUT2D eigenvalue weighted by molar-refractivity contribution is 0.296. The van der Waals surface area contributed by atoms with Crippen molar-refractivity contribution in [2.75, 3.05) is 5.73 Å². The monoisotopic (exact) mass is 335 g/mol. The summed E-state index contributed by atoms with van der Waals surface area (Å²) in [5.74, 6) is 0.750. The molecule has 5 heteroatoms. The Morgan fingerprint density at radius 2 is 2.10 bits per heavy atom. The van der Waals surface area contributed by atoms with Gasteiger partial charge in [0.15, 0.2) is 0 Å². The summed E-state index contributed by atoms with van der Waals surface area (Å²) in [5.41, 5.74) is 7.41. The predicted molar refractivity (Wildman–Crippen MR) is 82.6 cm³/mol. The van der Waals surface area contributed by atoms with Crippen LogP contribution in [0.5, 0.6) is 5.75 Å². The number of nitrogen functional groups attached to an aromatic ring is 1. The second kappa shape index (κ2) is 5.87. The van der Waals surface area contributed by atoms with Crippen LogP contribution in [0.4, 0.5) is 5.69 Å². The number of hydrogen-bond acceptors (Lipinski definition) is 3. The molecule has 3 rings (SSSR count). The van der Waals surface area contributed by atoms with Gasteiger partial charge >= 0.3 is 0 Å². The number of ether oxygens (including phenoxy) is 1. The summed E-state index contributed by atoms with van der Waals surface area (Å²) >= 11 is 3.46. The molecule has 1 heterocycles. The highest BCUT2D eigenvalue weighted by Crippen LogP contribution is 2.29. The van der Waals surface area contributed by atoms with E-state index in [9.17, 15) is 0 Å². The molecule has 0 amide bonds. The van der Waals surface area contributed by atoms with Gasteiger partial charge in [-0.2, -0.15) is 5.10 Å². The van der Waals surface area contributed by atoms with Crippen molar-refractivity contribution >= 4 is 21.6 Å². The van der Waals surface area contributed by atoms with E-state index in [2.05, 4.69) is 31.9 Å². The molecule has 1 saturated carbocycles. The molecule has 0 spiro atoms. The van der Waals surface area contributed by atoms with Crippen LogP contribution in [0, 0.1) is 0 Å². The van der Waals surface area contributed by atoms with Gasteiger partial charge in [-0.25, -0.2) is 0 Å². The molecule has 4 nitrogen and oxygen atoms in total. The van der Waals surface area contributed by atoms with Crippen LogP contribution in [-0.4, -0.2) is 9.78 Å². The number of nitrogens with zero attached hydrogens (tertiary/aromatic N) is 2. The molecule has 1 aromatic heterocycles. The molecule has 2 N–H and O–H groups in total. The number of benzene rings is 1. The van der Waals surface area contributed by atoms with Crippen molar-refractivity contribution in [3.63, 3.8) is 0 Å². The molecule has 0 aliphatic heterocycles. The fraction of sp³-hybridized carbons (Fsp3) is 0.400. The molecule has 0 radical (unpaired) electrons. The number of hydrogen-bond donors (Lipinski definition) is 1. The first-order chi connectivity index (χ1) is 9.72. The van der Waals surface area contributed by atoms with Crippen LogP contribution >= 0.6 is 15.9 Å². The molecule has 0 unspecified atom stereocenters. The van der Waals surface area contributed by atoms with Gasteiger partial charge in [0, 0.05) is 18.0 Å². The number of aromatic nitrogens is 2. The van der Waals surface area contributed by atoms with Crippen LogP contribution < -0.4 is 10.5 Å². The van der Waals surface area contributed by atoms with Gasteiger partial charge in [-0.3, -0.25) is 4.68 Å². The summed E-state index contributed by atoms with van der Waals surface area (Å²) in [6.07, 6.45) is 7.16. The van der Waals surface area contributed by atoms with E-state index in [1.807, 2.05) is 24.3 Å². The summed E-state index contributed by atoms with van der Waals surface area (Å²) in [7, 11) is 0. The second-order valence-corrected chi connectivity index (χ2v) is 6.06. The van der Waals surface area contributed by atoms with Crippen molar-refractivity contribution in [1.29, 1.82) is 0 Å². The Bertz CT molecular complexity index is 591. The molecule has 106 valence electrons. The Hall–Kier alpha value is -1.49. The largest absolute Gasteiger partial charge is 0.486 e. The van der Waals surface area contributed by atoms with Crippen LogP contribution in [0.1, 0.15) is 37.4 Å². The lowest BCUT2D eigenvalue weighted by Crippen LogP contribution is -2.06. The van der Waals surface area contributed by atoms with Crippen LogP contribution in [0.25, 0.3) is 0 Å². The number of rotatable bonds is 4. The molecule has 1 aliphatic rings. The first-order valence-electron chi connectivity index (χ1n) is 6.94. The predicted octanol–water partition coefficient (Wildman–Crippen LogP) is 3.92. The summed E-state index contributed by atoms with van der Waals surface area (Å²) < 4.78 is 8.76. The van der Waals surface area contributed by atoms with Gasteiger partial charge in [-0.15, -0.1) is 0 Å². The Morgan fingerprint density at radius 3 is 2.90 bits per heavy atom. The molecule has 2 aromatic rings. The van der Waals surface area contributed by atoms with E-state index in [1.165, 1.54) is 25.7 Å². The maximum atomic E-state index is 5.78. The highest BCUT2D eigenvalue weighted by molar-refractivity contribution is 9.10. The van der Waals surface area contributed by atoms with E-state index >= 15 is 0 Å². The minimum Gasteiger partial charge on any atom is -0.486 e. The van der Waals surface area contributed by atoms with Crippen molar-refractivity contribution in [1.82, 2.24) is 9.78 Å². The zero-order valence-corrected chi connectivity index (χ0v) is 12.8. The van der Waals surface area contributed by atoms with E-state index in [-0.39, 0.29) is 0 Å². The highest BCUT2D eigenvalue weighted by atomic mass is 79.9. The highest BCUT2D eigenvalue weighted by Gasteiger charge is 2.17. The minimum absolute atomic E-state index is 0.460. The van der Waals surface area contributed by atoms with Gasteiger partial charge in [0.05, 0.1) is 16.2 Å². The third-order valence-corrected chi connectivity index (χ3v) is 4.35. The van der Waals surface area contributed by atoms with Gasteiger partial charge in [0.1, 0.15) is 12.4 Å². The van der Waals surface area contributed by atoms with Crippen molar-refractivity contribution in [2.45, 2.75) is 38.3 Å². The van der Waals surface area contributed by atoms with Gasteiger partial charge in [-0.05, 0) is 47.0 Å². The lowest BCUT2D eigenvalue weighted by Gasteiger charge is -2.09. The fourth-order valence-electron chi connectivity index (χ4n) is 2.61. The Labute approximate surface area is 127 Å². The zero-order chi connectivity index (χ0) is 13.9. The van der Waals surface area contributed by atoms with Crippen molar-refractivity contribution in [2.24, 2.45) is 0 Å². The van der Waals surface area contributed by atoms with Crippen LogP contribution in [0.3, 0.4) is 0 Å². The molecule has 0 saturated heterocycles. The number of halogens is 1. The molecule has 1 aliphatic carbocycles. The Morgan fingerprint density at radius 1 is 1.30 bits per heavy atom. The van der Waals surface area contributed by atoms with E-state index in [1.54, 1.807) is 0 Å². The molecule has 0 atom stereocenters. The Balaban J connectivity index is 1.64. The normalized spacial score (nSPS) is 15.7. The van der Waals surface area contributed by atoms with Gasteiger partial charge in [-0.1, -0.05) is 12.8 Å². The lowest BCUT2D eigenvalue weighted by atomic mass is 10.3. The Kier molecular flexibility index (Phi) is 3.96. The first kappa shape index (κ1) is 13.5. The third kappa shape index (κ3) is 2.98. The summed E-state index contributed by atoms with van der Waals surface area (Å²) in [6.45, 7) is 0.460. The first-order valence-corrected chi connectivity index (χ1v) is 7.73. The van der Waals surface area contributed by atoms with E-state index < -0.39 is 0 Å². The SMILES string of the molecule is Nc1ccc(Br)c(OCc2ccn(C3CCCC3)n2)c1. The fourth-order valence-corrected chi connectivity index (χ4v) is 2.97. The maximum absolute atomic E-state index is 5.78. The second-order valence-electron chi connectivity index (χ2n) is 5.20. The van der Waals surface area contributed by atoms with E-state index in [4.69, 9.17) is 10.5 Å². The van der Waals surface area contributed by atoms with Crippen LogP contribution in [0.2, 0.25) is 0 Å². The summed E-state index contributed by atoms with van der Waals surface area (Å²) in [5, 5.41) is 4.60. The molecule has 1 fully saturated rings.